The van der Waals surface area contributed by atoms with Crippen molar-refractivity contribution in [1.29, 1.82) is 0 Å². The smallest absolute Gasteiger partial charge is 0.317 e. The standard InChI is InChI=1S/C4H4ClO2.Rf/c1-3(5)4(6)7-2;/h1-2H2;/q-1;. The van der Waals surface area contributed by atoms with Crippen LogP contribution in [0.25, 0.3) is 0 Å². The topological polar surface area (TPSA) is 26.3 Å². The van der Waals surface area contributed by atoms with Gasteiger partial charge in [-0.2, -0.15) is 7.11 Å². The van der Waals surface area contributed by atoms with Crippen molar-refractivity contribution in [2.24, 2.45) is 0 Å². The average Bonchev–Trinajstić information content (AvgIpc) is 1.65. The first kappa shape index (κ1) is 9.71. The Labute approximate surface area is 46.7 Å². The second kappa shape index (κ2) is 3.68. The zero-order valence-electron chi connectivity index (χ0n) is 4.32. The Morgan fingerprint density at radius 1 is 1.75 bits per heavy atom. The Balaban J connectivity index is 0. The molecule has 0 fully saturated rings. The second-order valence-corrected chi connectivity index (χ2v) is 1.29. The third-order valence-electron chi connectivity index (χ3n) is 0.353. The number of carbonyl (C=O) groups is 1. The molecule has 0 aliphatic carbocycles. The third-order valence-corrected chi connectivity index (χ3v) is 0.507. The van der Waals surface area contributed by atoms with Crippen LogP contribution in [0.2, 0.25) is 0 Å². The van der Waals surface area contributed by atoms with Gasteiger partial charge in [-0.3, -0.25) is 0 Å². The average molecular weight is 387 g/mol. The molecular weight excluding hydrogens is 382 g/mol. The Morgan fingerprint density at radius 2 is 2.12 bits per heavy atom. The molecule has 0 aliphatic heterocycles. The summed E-state index contributed by atoms with van der Waals surface area (Å²) in [6.45, 7) is 3.08. The maximum Gasteiger partial charge on any atom is 0.317 e. The van der Waals surface area contributed by atoms with Crippen LogP contribution in [-0.2, 0) is 9.53 Å². The number of hydrogen-bond donors (Lipinski definition) is 0. The van der Waals surface area contributed by atoms with E-state index in [9.17, 15) is 4.79 Å². The summed E-state index contributed by atoms with van der Waals surface area (Å²) in [5, 5.41) is -0.157. The zero-order chi connectivity index (χ0) is 5.86. The van der Waals surface area contributed by atoms with E-state index in [1.165, 1.54) is 0 Å². The van der Waals surface area contributed by atoms with Gasteiger partial charge in [0.25, 0.3) is 0 Å². The fraction of sp³-hybridized carbons (Fsp3) is 0. The maximum absolute atomic E-state index is 10.00. The van der Waals surface area contributed by atoms with Crippen molar-refractivity contribution < 1.29 is 9.53 Å². The zero-order valence-corrected chi connectivity index (χ0v) is 11.5. The summed E-state index contributed by atoms with van der Waals surface area (Å²) in [7, 11) is 2.81. The van der Waals surface area contributed by atoms with E-state index < -0.39 is 5.97 Å². The van der Waals surface area contributed by atoms with Crippen LogP contribution in [0.5, 0.6) is 0 Å². The molecule has 42 valence electrons. The first-order valence-electron chi connectivity index (χ1n) is 1.49. The molecule has 0 aliphatic rings. The Kier molecular flexibility index (Phi) is 4.47. The molecular formula is C4H4ClO2Rf-. The van der Waals surface area contributed by atoms with E-state index in [0.717, 1.165) is 0 Å². The molecule has 0 spiro atoms. The van der Waals surface area contributed by atoms with Crippen molar-refractivity contribution in [3.63, 3.8) is 0 Å². The molecule has 0 bridgehead atoms. The molecule has 0 unspecified atom stereocenters. The molecule has 0 aromatic heterocycles. The van der Waals surface area contributed by atoms with E-state index in [-0.39, 0.29) is 5.03 Å². The van der Waals surface area contributed by atoms with Gasteiger partial charge in [-0.25, -0.2) is 4.79 Å². The Morgan fingerprint density at radius 3 is 2.12 bits per heavy atom. The van der Waals surface area contributed by atoms with Crippen molar-refractivity contribution in [3.8, 4) is 0 Å². The second-order valence-electron chi connectivity index (χ2n) is 0.837. The van der Waals surface area contributed by atoms with Gasteiger partial charge in [0, 0.05) is 0 Å². The number of esters is 1. The Bertz CT molecular complexity index is 102. The number of hydrogen-bond acceptors (Lipinski definition) is 2. The molecule has 0 saturated carbocycles. The van der Waals surface area contributed by atoms with Crippen LogP contribution in [0.4, 0.5) is 0 Å². The summed E-state index contributed by atoms with van der Waals surface area (Å²) in [4.78, 5) is 10.00. The van der Waals surface area contributed by atoms with Crippen LogP contribution in [-0.4, -0.2) is 5.97 Å². The van der Waals surface area contributed by atoms with Gasteiger partial charge in [-0.05, 0) is 0 Å². The van der Waals surface area contributed by atoms with E-state index in [0.29, 0.717) is 0 Å². The van der Waals surface area contributed by atoms with Crippen LogP contribution in [0.15, 0.2) is 11.6 Å². The largest absolute Gasteiger partial charge is 0.636 e. The monoisotopic (exact) mass is 386 g/mol. The fourth-order valence-electron chi connectivity index (χ4n) is 0.0783. The third kappa shape index (κ3) is 2.72. The van der Waals surface area contributed by atoms with Crippen LogP contribution in [0.3, 0.4) is 0 Å². The molecule has 4 heteroatoms. The van der Waals surface area contributed by atoms with E-state index in [4.69, 9.17) is 11.6 Å². The van der Waals surface area contributed by atoms with Gasteiger partial charge >= 0.3 is 5.97 Å². The molecule has 0 saturated heterocycles. The summed E-state index contributed by atoms with van der Waals surface area (Å²) in [5.41, 5.74) is 0. The van der Waals surface area contributed by atoms with Gasteiger partial charge in [0.15, 0.2) is 0 Å². The van der Waals surface area contributed by atoms with Crippen LogP contribution >= 0.6 is 11.6 Å². The molecule has 0 N–H and O–H groups in total. The number of halogens is 1. The number of rotatable bonds is 1. The quantitative estimate of drug-likeness (QED) is 0.383. The summed E-state index contributed by atoms with van der Waals surface area (Å²) in [5.74, 6) is -0.693. The minimum Gasteiger partial charge on any atom is -0.636 e. The summed E-state index contributed by atoms with van der Waals surface area (Å²) in [6.07, 6.45) is 0. The van der Waals surface area contributed by atoms with E-state index >= 15 is 0 Å². The molecule has 0 radical (unpaired) electrons. The van der Waals surface area contributed by atoms with Gasteiger partial charge in [0.05, 0.1) is 0 Å². The first-order valence-corrected chi connectivity index (χ1v) is 1.87. The van der Waals surface area contributed by atoms with Gasteiger partial charge in [-0.15, -0.1) is 0 Å². The van der Waals surface area contributed by atoms with Crippen molar-refractivity contribution in [3.05, 3.63) is 18.7 Å². The SMILES string of the molecule is C=C(Cl)C(=O)O[CH2-].[Rf]. The van der Waals surface area contributed by atoms with Gasteiger partial charge in [0.1, 0.15) is 5.03 Å². The first-order chi connectivity index (χ1) is 3.18. The normalized spacial score (nSPS) is 6.75. The summed E-state index contributed by atoms with van der Waals surface area (Å²) < 4.78 is 3.89. The summed E-state index contributed by atoms with van der Waals surface area (Å²) >= 11 is 5.02. The minimum absolute atomic E-state index is 0. The molecule has 0 amide bonds. The minimum atomic E-state index is -0.693. The molecule has 0 aromatic carbocycles. The van der Waals surface area contributed by atoms with Gasteiger partial charge in [0.2, 0.25) is 0 Å². The van der Waals surface area contributed by atoms with Crippen LogP contribution in [0, 0.1) is 7.11 Å². The van der Waals surface area contributed by atoms with Crippen molar-refractivity contribution in [2.45, 2.75) is 0 Å². The van der Waals surface area contributed by atoms with Crippen LogP contribution in [0.1, 0.15) is 0 Å². The van der Waals surface area contributed by atoms with Crippen molar-refractivity contribution in [2.75, 3.05) is 0 Å². The fourth-order valence-corrected chi connectivity index (χ4v) is 0.133. The Hall–Kier alpha value is -1.50. The molecule has 2 nitrogen and oxygen atoms in total. The molecule has 8 heavy (non-hydrogen) atoms. The predicted molar refractivity (Wildman–Crippen MR) is 26.4 cm³/mol. The predicted octanol–water partition coefficient (Wildman–Crippen LogP) is 1.07. The molecule has 0 aromatic rings. The summed E-state index contributed by atoms with van der Waals surface area (Å²) in [6, 6.07) is 0. The van der Waals surface area contributed by atoms with Gasteiger partial charge in [-0.1, -0.05) is 18.2 Å². The molecule has 0 heterocycles. The van der Waals surface area contributed by atoms with E-state index in [2.05, 4.69) is 18.4 Å². The van der Waals surface area contributed by atoms with Crippen molar-refractivity contribution >= 4 is 17.6 Å². The van der Waals surface area contributed by atoms with Crippen molar-refractivity contribution in [1.82, 2.24) is 0 Å². The van der Waals surface area contributed by atoms with Gasteiger partial charge < -0.3 is 4.74 Å². The molecule has 0 rings (SSSR count). The number of carbonyl (C=O) groups excluding carboxylic acids is 1. The van der Waals surface area contributed by atoms with E-state index in [1.807, 2.05) is 0 Å². The van der Waals surface area contributed by atoms with E-state index in [1.54, 1.807) is 0 Å². The molecule has 0 atom stereocenters. The number of ether oxygens (including phenoxy) is 1. The maximum atomic E-state index is 10.00. The van der Waals surface area contributed by atoms with Crippen LogP contribution < -0.4 is 0 Å².